The van der Waals surface area contributed by atoms with Crippen molar-refractivity contribution in [3.63, 3.8) is 0 Å². The van der Waals surface area contributed by atoms with Crippen molar-refractivity contribution in [2.75, 3.05) is 6.61 Å². The van der Waals surface area contributed by atoms with Gasteiger partial charge in [0.1, 0.15) is 17.4 Å². The maximum absolute atomic E-state index is 12.7. The van der Waals surface area contributed by atoms with Crippen molar-refractivity contribution < 1.29 is 14.3 Å². The van der Waals surface area contributed by atoms with Gasteiger partial charge >= 0.3 is 5.97 Å². The SMILES string of the molecule is CCOC(=O)c1nc(-c2ccccc2)sc1-c1ccccc1COc1ccc(C)cc1. The number of benzene rings is 3. The van der Waals surface area contributed by atoms with E-state index in [9.17, 15) is 4.79 Å². The van der Waals surface area contributed by atoms with E-state index in [2.05, 4.69) is 4.98 Å². The minimum atomic E-state index is -0.412. The van der Waals surface area contributed by atoms with Crippen LogP contribution >= 0.6 is 11.3 Å². The largest absolute Gasteiger partial charge is 0.489 e. The highest BCUT2D eigenvalue weighted by atomic mass is 32.1. The third kappa shape index (κ3) is 4.84. The van der Waals surface area contributed by atoms with Crippen LogP contribution in [0.5, 0.6) is 5.75 Å². The van der Waals surface area contributed by atoms with Crippen LogP contribution in [-0.4, -0.2) is 17.6 Å². The molecule has 1 heterocycles. The number of thiazole rings is 1. The van der Waals surface area contributed by atoms with E-state index in [4.69, 9.17) is 9.47 Å². The zero-order chi connectivity index (χ0) is 21.6. The zero-order valence-electron chi connectivity index (χ0n) is 17.5. The molecule has 0 unspecified atom stereocenters. The van der Waals surface area contributed by atoms with Crippen molar-refractivity contribution in [2.45, 2.75) is 20.5 Å². The van der Waals surface area contributed by atoms with E-state index < -0.39 is 5.97 Å². The maximum Gasteiger partial charge on any atom is 0.358 e. The third-order valence-corrected chi connectivity index (χ3v) is 5.93. The van der Waals surface area contributed by atoms with Crippen molar-refractivity contribution in [1.29, 1.82) is 0 Å². The highest BCUT2D eigenvalue weighted by Crippen LogP contribution is 2.37. The van der Waals surface area contributed by atoms with Crippen molar-refractivity contribution in [3.05, 3.63) is 95.7 Å². The summed E-state index contributed by atoms with van der Waals surface area (Å²) in [6, 6.07) is 25.8. The normalized spacial score (nSPS) is 10.6. The van der Waals surface area contributed by atoms with E-state index in [0.717, 1.165) is 32.3 Å². The second-order valence-electron chi connectivity index (χ2n) is 7.04. The summed E-state index contributed by atoms with van der Waals surface area (Å²) in [5, 5.41) is 0.785. The van der Waals surface area contributed by atoms with E-state index in [-0.39, 0.29) is 0 Å². The Kier molecular flexibility index (Phi) is 6.43. The molecule has 0 aliphatic heterocycles. The molecule has 0 fully saturated rings. The van der Waals surface area contributed by atoms with E-state index in [1.54, 1.807) is 6.92 Å². The number of carbonyl (C=O) groups excluding carboxylic acids is 1. The lowest BCUT2D eigenvalue weighted by molar-refractivity contribution is 0.0521. The van der Waals surface area contributed by atoms with Gasteiger partial charge in [0.05, 0.1) is 11.5 Å². The molecule has 0 spiro atoms. The van der Waals surface area contributed by atoms with Gasteiger partial charge in [-0.25, -0.2) is 9.78 Å². The van der Waals surface area contributed by atoms with Gasteiger partial charge in [-0.05, 0) is 31.5 Å². The highest BCUT2D eigenvalue weighted by Gasteiger charge is 2.23. The molecule has 0 radical (unpaired) electrons. The molecule has 4 nitrogen and oxygen atoms in total. The van der Waals surface area contributed by atoms with E-state index in [1.165, 1.54) is 16.9 Å². The van der Waals surface area contributed by atoms with Crippen LogP contribution in [0.15, 0.2) is 78.9 Å². The first-order valence-electron chi connectivity index (χ1n) is 10.2. The van der Waals surface area contributed by atoms with Gasteiger partial charge in [0.25, 0.3) is 0 Å². The van der Waals surface area contributed by atoms with E-state index in [0.29, 0.717) is 18.9 Å². The smallest absolute Gasteiger partial charge is 0.358 e. The molecular formula is C26H23NO3S. The van der Waals surface area contributed by atoms with Crippen LogP contribution in [0.1, 0.15) is 28.5 Å². The molecule has 0 atom stereocenters. The number of ether oxygens (including phenoxy) is 2. The first kappa shape index (κ1) is 20.8. The van der Waals surface area contributed by atoms with Crippen LogP contribution in [0.2, 0.25) is 0 Å². The Bertz CT molecular complexity index is 1170. The molecule has 0 amide bonds. The zero-order valence-corrected chi connectivity index (χ0v) is 18.3. The highest BCUT2D eigenvalue weighted by molar-refractivity contribution is 7.18. The summed E-state index contributed by atoms with van der Waals surface area (Å²) in [5.74, 6) is 0.394. The number of nitrogens with zero attached hydrogens (tertiary/aromatic N) is 1. The molecule has 0 saturated heterocycles. The Balaban J connectivity index is 1.72. The fraction of sp³-hybridized carbons (Fsp3) is 0.154. The van der Waals surface area contributed by atoms with Gasteiger partial charge in [-0.15, -0.1) is 11.3 Å². The molecule has 5 heteroatoms. The fourth-order valence-electron chi connectivity index (χ4n) is 3.21. The van der Waals surface area contributed by atoms with Gasteiger partial charge < -0.3 is 9.47 Å². The maximum atomic E-state index is 12.7. The standard InChI is InChI=1S/C26H23NO3S/c1-3-29-26(28)23-24(31-25(27-23)19-9-5-4-6-10-19)22-12-8-7-11-20(22)17-30-21-15-13-18(2)14-16-21/h4-16H,3,17H2,1-2H3. The van der Waals surface area contributed by atoms with Gasteiger partial charge in [0.15, 0.2) is 5.69 Å². The van der Waals surface area contributed by atoms with Gasteiger partial charge in [-0.3, -0.25) is 0 Å². The molecule has 0 aliphatic carbocycles. The first-order chi connectivity index (χ1) is 15.2. The molecule has 0 saturated carbocycles. The molecule has 0 N–H and O–H groups in total. The van der Waals surface area contributed by atoms with Crippen LogP contribution in [-0.2, 0) is 11.3 Å². The Labute approximate surface area is 186 Å². The summed E-state index contributed by atoms with van der Waals surface area (Å²) in [4.78, 5) is 18.1. The molecular weight excluding hydrogens is 406 g/mol. The lowest BCUT2D eigenvalue weighted by Crippen LogP contribution is -2.07. The molecule has 3 aromatic carbocycles. The first-order valence-corrected chi connectivity index (χ1v) is 11.0. The Hall–Kier alpha value is -3.44. The monoisotopic (exact) mass is 429 g/mol. The van der Waals surface area contributed by atoms with E-state index >= 15 is 0 Å². The quantitative estimate of drug-likeness (QED) is 0.313. The second-order valence-corrected chi connectivity index (χ2v) is 8.04. The summed E-state index contributed by atoms with van der Waals surface area (Å²) in [6.45, 7) is 4.53. The van der Waals surface area contributed by atoms with Crippen molar-refractivity contribution in [1.82, 2.24) is 4.98 Å². The van der Waals surface area contributed by atoms with E-state index in [1.807, 2.05) is 85.8 Å². The fourth-order valence-corrected chi connectivity index (χ4v) is 4.33. The number of carbonyl (C=O) groups is 1. The summed E-state index contributed by atoms with van der Waals surface area (Å²) in [5.41, 5.74) is 4.41. The molecule has 156 valence electrons. The van der Waals surface area contributed by atoms with Crippen LogP contribution in [0.4, 0.5) is 0 Å². The minimum absolute atomic E-state index is 0.300. The van der Waals surface area contributed by atoms with Gasteiger partial charge in [0, 0.05) is 11.1 Å². The van der Waals surface area contributed by atoms with Gasteiger partial charge in [-0.2, -0.15) is 0 Å². The summed E-state index contributed by atoms with van der Waals surface area (Å²) >= 11 is 1.49. The molecule has 0 bridgehead atoms. The lowest BCUT2D eigenvalue weighted by Gasteiger charge is -2.11. The Morgan fingerprint density at radius 1 is 0.935 bits per heavy atom. The molecule has 4 rings (SSSR count). The number of esters is 1. The van der Waals surface area contributed by atoms with Crippen LogP contribution in [0, 0.1) is 6.92 Å². The van der Waals surface area contributed by atoms with Crippen molar-refractivity contribution in [2.24, 2.45) is 0 Å². The molecule has 4 aromatic rings. The second kappa shape index (κ2) is 9.58. The summed E-state index contributed by atoms with van der Waals surface area (Å²) < 4.78 is 11.3. The van der Waals surface area contributed by atoms with Crippen LogP contribution in [0.3, 0.4) is 0 Å². The predicted molar refractivity (Wildman–Crippen MR) is 124 cm³/mol. The van der Waals surface area contributed by atoms with Crippen LogP contribution < -0.4 is 4.74 Å². The average Bonchev–Trinajstić information content (AvgIpc) is 3.25. The number of hydrogen-bond acceptors (Lipinski definition) is 5. The molecule has 0 aliphatic rings. The third-order valence-electron chi connectivity index (χ3n) is 4.79. The van der Waals surface area contributed by atoms with Gasteiger partial charge in [-0.1, -0.05) is 72.3 Å². The average molecular weight is 430 g/mol. The lowest BCUT2D eigenvalue weighted by atomic mass is 10.1. The van der Waals surface area contributed by atoms with Gasteiger partial charge in [0.2, 0.25) is 0 Å². The number of aryl methyl sites for hydroxylation is 1. The topological polar surface area (TPSA) is 48.4 Å². The van der Waals surface area contributed by atoms with Crippen molar-refractivity contribution >= 4 is 17.3 Å². The number of rotatable bonds is 7. The van der Waals surface area contributed by atoms with Crippen molar-refractivity contribution in [3.8, 4) is 26.8 Å². The number of hydrogen-bond donors (Lipinski definition) is 0. The summed E-state index contributed by atoms with van der Waals surface area (Å²) in [6.07, 6.45) is 0. The molecule has 31 heavy (non-hydrogen) atoms. The van der Waals surface area contributed by atoms with Crippen LogP contribution in [0.25, 0.3) is 21.0 Å². The Morgan fingerprint density at radius 2 is 1.65 bits per heavy atom. The predicted octanol–water partition coefficient (Wildman–Crippen LogP) is 6.54. The molecule has 1 aromatic heterocycles. The minimum Gasteiger partial charge on any atom is -0.489 e. The number of aromatic nitrogens is 1. The summed E-state index contributed by atoms with van der Waals surface area (Å²) in [7, 11) is 0. The Morgan fingerprint density at radius 3 is 2.39 bits per heavy atom.